The van der Waals surface area contributed by atoms with Crippen LogP contribution in [0.1, 0.15) is 23.2 Å². The summed E-state index contributed by atoms with van der Waals surface area (Å²) in [4.78, 5) is 27.6. The lowest BCUT2D eigenvalue weighted by Gasteiger charge is -2.31. The maximum Gasteiger partial charge on any atom is 0.337 e. The van der Waals surface area contributed by atoms with Gasteiger partial charge in [0.05, 0.1) is 16.5 Å². The molecular weight excluding hydrogens is 272 g/mol. The van der Waals surface area contributed by atoms with Crippen molar-refractivity contribution < 1.29 is 19.8 Å². The second kappa shape index (κ2) is 5.44. The van der Waals surface area contributed by atoms with Gasteiger partial charge in [-0.05, 0) is 18.9 Å². The van der Waals surface area contributed by atoms with Crippen LogP contribution in [-0.2, 0) is 4.79 Å². The molecular formula is C12H13ClN2O4. The molecule has 6 nitrogen and oxygen atoms in total. The summed E-state index contributed by atoms with van der Waals surface area (Å²) in [6.07, 6.45) is 2.33. The molecule has 0 radical (unpaired) electrons. The fraction of sp³-hybridized carbons (Fsp3) is 0.417. The van der Waals surface area contributed by atoms with Gasteiger partial charge >= 0.3 is 11.9 Å². The first kappa shape index (κ1) is 13.6. The Hall–Kier alpha value is -1.82. The molecule has 2 heterocycles. The molecule has 1 aromatic rings. The summed E-state index contributed by atoms with van der Waals surface area (Å²) >= 11 is 6.02. The molecule has 0 amide bonds. The number of carboxylic acid groups (broad SMARTS) is 2. The van der Waals surface area contributed by atoms with E-state index in [9.17, 15) is 9.59 Å². The van der Waals surface area contributed by atoms with Crippen molar-refractivity contribution in [2.45, 2.75) is 12.8 Å². The van der Waals surface area contributed by atoms with Crippen LogP contribution in [0.25, 0.3) is 0 Å². The van der Waals surface area contributed by atoms with Crippen molar-refractivity contribution in [3.05, 3.63) is 22.8 Å². The first-order valence-electron chi connectivity index (χ1n) is 5.85. The Labute approximate surface area is 114 Å². The molecule has 1 aromatic heterocycles. The Balaban J connectivity index is 2.11. The predicted molar refractivity (Wildman–Crippen MR) is 68.8 cm³/mol. The monoisotopic (exact) mass is 284 g/mol. The van der Waals surface area contributed by atoms with Crippen LogP contribution in [0.4, 0.5) is 5.82 Å². The number of hydrogen-bond acceptors (Lipinski definition) is 4. The molecule has 0 aromatic carbocycles. The van der Waals surface area contributed by atoms with E-state index in [2.05, 4.69) is 4.98 Å². The van der Waals surface area contributed by atoms with E-state index in [-0.39, 0.29) is 16.5 Å². The molecule has 0 spiro atoms. The summed E-state index contributed by atoms with van der Waals surface area (Å²) in [6.45, 7) is 1.10. The summed E-state index contributed by atoms with van der Waals surface area (Å²) in [7, 11) is 0. The van der Waals surface area contributed by atoms with Crippen LogP contribution < -0.4 is 4.90 Å². The molecule has 0 atom stereocenters. The molecule has 1 aliphatic rings. The summed E-state index contributed by atoms with van der Waals surface area (Å²) in [5, 5.41) is 18.0. The highest BCUT2D eigenvalue weighted by Gasteiger charge is 2.26. The number of aromatic carboxylic acids is 1. The average Bonchev–Trinajstić information content (AvgIpc) is 2.38. The second-order valence-electron chi connectivity index (χ2n) is 4.43. The minimum atomic E-state index is -1.08. The Morgan fingerprint density at radius 1 is 1.32 bits per heavy atom. The lowest BCUT2D eigenvalue weighted by atomic mass is 9.97. The first-order chi connectivity index (χ1) is 8.99. The zero-order valence-electron chi connectivity index (χ0n) is 10.0. The lowest BCUT2D eigenvalue weighted by molar-refractivity contribution is -0.142. The quantitative estimate of drug-likeness (QED) is 0.878. The van der Waals surface area contributed by atoms with Crippen molar-refractivity contribution in [2.24, 2.45) is 5.92 Å². The van der Waals surface area contributed by atoms with Gasteiger partial charge in [-0.3, -0.25) is 4.79 Å². The number of piperidine rings is 1. The van der Waals surface area contributed by atoms with Gasteiger partial charge in [0.2, 0.25) is 0 Å². The molecule has 2 N–H and O–H groups in total. The predicted octanol–water partition coefficient (Wildman–Crippen LogP) is 1.73. The van der Waals surface area contributed by atoms with Gasteiger partial charge < -0.3 is 15.1 Å². The number of pyridine rings is 1. The highest BCUT2D eigenvalue weighted by Crippen LogP contribution is 2.28. The Morgan fingerprint density at radius 2 is 1.95 bits per heavy atom. The average molecular weight is 285 g/mol. The van der Waals surface area contributed by atoms with Gasteiger partial charge in [0, 0.05) is 19.3 Å². The van der Waals surface area contributed by atoms with Crippen molar-refractivity contribution in [2.75, 3.05) is 18.0 Å². The van der Waals surface area contributed by atoms with Gasteiger partial charge in [-0.2, -0.15) is 0 Å². The topological polar surface area (TPSA) is 90.7 Å². The number of nitrogens with zero attached hydrogens (tertiary/aromatic N) is 2. The number of carboxylic acids is 2. The zero-order valence-corrected chi connectivity index (χ0v) is 10.8. The van der Waals surface area contributed by atoms with Crippen LogP contribution in [0.15, 0.2) is 12.3 Å². The lowest BCUT2D eigenvalue weighted by Crippen LogP contribution is -2.37. The molecule has 1 aliphatic heterocycles. The third-order valence-corrected chi connectivity index (χ3v) is 3.49. The number of carbonyl (C=O) groups is 2. The van der Waals surface area contributed by atoms with E-state index < -0.39 is 11.9 Å². The Bertz CT molecular complexity index is 512. The molecule has 0 saturated carbocycles. The van der Waals surface area contributed by atoms with E-state index in [4.69, 9.17) is 21.8 Å². The molecule has 1 fully saturated rings. The minimum absolute atomic E-state index is 0.0363. The maximum absolute atomic E-state index is 10.9. The third-order valence-electron chi connectivity index (χ3n) is 3.21. The van der Waals surface area contributed by atoms with Crippen LogP contribution in [0.2, 0.25) is 5.02 Å². The zero-order chi connectivity index (χ0) is 14.0. The Morgan fingerprint density at radius 3 is 2.42 bits per heavy atom. The van der Waals surface area contributed by atoms with Gasteiger partial charge in [-0.15, -0.1) is 0 Å². The maximum atomic E-state index is 10.9. The summed E-state index contributed by atoms with van der Waals surface area (Å²) in [5.41, 5.74) is 0.0363. The minimum Gasteiger partial charge on any atom is -0.481 e. The Kier molecular flexibility index (Phi) is 3.90. The van der Waals surface area contributed by atoms with Gasteiger partial charge in [0.15, 0.2) is 0 Å². The highest BCUT2D eigenvalue weighted by atomic mass is 35.5. The molecule has 0 unspecified atom stereocenters. The highest BCUT2D eigenvalue weighted by molar-refractivity contribution is 6.33. The van der Waals surface area contributed by atoms with Gasteiger partial charge in [0.1, 0.15) is 5.82 Å². The molecule has 2 rings (SSSR count). The second-order valence-corrected chi connectivity index (χ2v) is 4.84. The molecule has 7 heteroatoms. The molecule has 0 aliphatic carbocycles. The van der Waals surface area contributed by atoms with Crippen LogP contribution >= 0.6 is 11.6 Å². The van der Waals surface area contributed by atoms with Crippen molar-refractivity contribution in [1.29, 1.82) is 0 Å². The fourth-order valence-corrected chi connectivity index (χ4v) is 2.40. The number of rotatable bonds is 3. The summed E-state index contributed by atoms with van der Waals surface area (Å²) in [5.74, 6) is -1.67. The van der Waals surface area contributed by atoms with Crippen LogP contribution in [-0.4, -0.2) is 40.2 Å². The van der Waals surface area contributed by atoms with Crippen molar-refractivity contribution in [1.82, 2.24) is 4.98 Å². The van der Waals surface area contributed by atoms with Gasteiger partial charge in [0.25, 0.3) is 0 Å². The van der Waals surface area contributed by atoms with E-state index >= 15 is 0 Å². The van der Waals surface area contributed by atoms with Crippen LogP contribution in [0.3, 0.4) is 0 Å². The van der Waals surface area contributed by atoms with Gasteiger partial charge in [-0.25, -0.2) is 9.78 Å². The molecule has 19 heavy (non-hydrogen) atoms. The first-order valence-corrected chi connectivity index (χ1v) is 6.23. The van der Waals surface area contributed by atoms with Crippen molar-refractivity contribution >= 4 is 29.4 Å². The number of anilines is 1. The normalized spacial score (nSPS) is 16.4. The van der Waals surface area contributed by atoms with E-state index in [0.717, 1.165) is 0 Å². The standard InChI is InChI=1S/C12H13ClN2O4/c13-9-5-8(12(18)19)6-14-10(9)15-3-1-7(2-4-15)11(16)17/h5-7H,1-4H2,(H,16,17)(H,18,19). The van der Waals surface area contributed by atoms with Crippen LogP contribution in [0.5, 0.6) is 0 Å². The number of aromatic nitrogens is 1. The third kappa shape index (κ3) is 2.96. The smallest absolute Gasteiger partial charge is 0.337 e. The van der Waals surface area contributed by atoms with Crippen molar-refractivity contribution in [3.63, 3.8) is 0 Å². The van der Waals surface area contributed by atoms with E-state index in [1.807, 2.05) is 4.90 Å². The van der Waals surface area contributed by atoms with E-state index in [1.165, 1.54) is 12.3 Å². The molecule has 1 saturated heterocycles. The van der Waals surface area contributed by atoms with Crippen molar-refractivity contribution in [3.8, 4) is 0 Å². The van der Waals surface area contributed by atoms with E-state index in [0.29, 0.717) is 31.7 Å². The number of hydrogen-bond donors (Lipinski definition) is 2. The number of aliphatic carboxylic acids is 1. The number of halogens is 1. The summed E-state index contributed by atoms with van der Waals surface area (Å²) < 4.78 is 0. The van der Waals surface area contributed by atoms with E-state index in [1.54, 1.807) is 0 Å². The largest absolute Gasteiger partial charge is 0.481 e. The SMILES string of the molecule is O=C(O)c1cnc(N2CCC(C(=O)O)CC2)c(Cl)c1. The molecule has 102 valence electrons. The fourth-order valence-electron chi connectivity index (χ4n) is 2.12. The molecule has 0 bridgehead atoms. The van der Waals surface area contributed by atoms with Gasteiger partial charge in [-0.1, -0.05) is 11.6 Å². The summed E-state index contributed by atoms with van der Waals surface area (Å²) in [6, 6.07) is 1.36. The van der Waals surface area contributed by atoms with Crippen LogP contribution in [0, 0.1) is 5.92 Å².